The van der Waals surface area contributed by atoms with Gasteiger partial charge in [-0.1, -0.05) is 0 Å². The number of nitrogens with one attached hydrogen (secondary N) is 1. The van der Waals surface area contributed by atoms with Gasteiger partial charge in [0.05, 0.1) is 18.3 Å². The molecule has 0 spiro atoms. The molecule has 2 heterocycles. The zero-order valence-corrected chi connectivity index (χ0v) is 15.2. The summed E-state index contributed by atoms with van der Waals surface area (Å²) < 4.78 is 8.21. The van der Waals surface area contributed by atoms with Crippen molar-refractivity contribution in [3.8, 4) is 0 Å². The van der Waals surface area contributed by atoms with E-state index in [0.29, 0.717) is 24.5 Å². The summed E-state index contributed by atoms with van der Waals surface area (Å²) in [5, 5.41) is 7.97. The van der Waals surface area contributed by atoms with Gasteiger partial charge < -0.3 is 15.8 Å². The van der Waals surface area contributed by atoms with Crippen LogP contribution in [0, 0.1) is 0 Å². The predicted octanol–water partition coefficient (Wildman–Crippen LogP) is 2.92. The average Bonchev–Trinajstić information content (AvgIpc) is 2.85. The Balaban J connectivity index is 1.89. The van der Waals surface area contributed by atoms with Crippen molar-refractivity contribution in [1.29, 1.82) is 0 Å². The molecule has 1 aliphatic rings. The number of hydrogen-bond acceptors (Lipinski definition) is 5. The normalized spacial score (nSPS) is 23.1. The monoisotopic (exact) mass is 381 g/mol. The molecule has 1 unspecified atom stereocenters. The van der Waals surface area contributed by atoms with Crippen LogP contribution in [0.5, 0.6) is 0 Å². The molecule has 0 amide bonds. The minimum Gasteiger partial charge on any atom is -0.383 e. The second kappa shape index (κ2) is 7.15. The Labute approximate surface area is 144 Å². The zero-order chi connectivity index (χ0) is 16.4. The summed E-state index contributed by atoms with van der Waals surface area (Å²) >= 11 is 3.63. The number of aromatic nitrogens is 3. The smallest absolute Gasteiger partial charge is 0.241 e. The Morgan fingerprint density at radius 2 is 2.17 bits per heavy atom. The first-order chi connectivity index (χ1) is 11.1. The van der Waals surface area contributed by atoms with Gasteiger partial charge in [-0.05, 0) is 54.6 Å². The highest BCUT2D eigenvalue weighted by atomic mass is 79.9. The summed E-state index contributed by atoms with van der Waals surface area (Å²) in [6.07, 6.45) is 6.25. The molecule has 7 heteroatoms. The van der Waals surface area contributed by atoms with Crippen molar-refractivity contribution in [1.82, 2.24) is 14.6 Å². The third kappa shape index (κ3) is 3.67. The SMILES string of the molecule is COCC(C)Nc1ncc2c(Br)cc(C3CCC(N)CC3)n2n1. The first kappa shape index (κ1) is 16.7. The van der Waals surface area contributed by atoms with Crippen LogP contribution in [0.2, 0.25) is 0 Å². The molecule has 1 fully saturated rings. The van der Waals surface area contributed by atoms with E-state index in [0.717, 1.165) is 35.7 Å². The standard InChI is InChI=1S/C16H24BrN5O/c1-10(9-23-2)20-16-19-8-15-13(17)7-14(22(15)21-16)11-3-5-12(18)6-4-11/h7-8,10-12H,3-6,9,18H2,1-2H3,(H,20,21). The van der Waals surface area contributed by atoms with E-state index in [1.54, 1.807) is 7.11 Å². The van der Waals surface area contributed by atoms with E-state index in [9.17, 15) is 0 Å². The summed E-state index contributed by atoms with van der Waals surface area (Å²) in [5.41, 5.74) is 8.28. The van der Waals surface area contributed by atoms with Crippen molar-refractivity contribution < 1.29 is 4.74 Å². The highest BCUT2D eigenvalue weighted by molar-refractivity contribution is 9.10. The van der Waals surface area contributed by atoms with Gasteiger partial charge in [0, 0.05) is 35.3 Å². The molecule has 0 bridgehead atoms. The third-order valence-corrected chi connectivity index (χ3v) is 5.11. The highest BCUT2D eigenvalue weighted by Gasteiger charge is 2.24. The van der Waals surface area contributed by atoms with E-state index >= 15 is 0 Å². The fourth-order valence-corrected chi connectivity index (χ4v) is 3.76. The molecule has 3 N–H and O–H groups in total. The van der Waals surface area contributed by atoms with Gasteiger partial charge in [0.25, 0.3) is 0 Å². The maximum Gasteiger partial charge on any atom is 0.241 e. The number of anilines is 1. The van der Waals surface area contributed by atoms with Crippen LogP contribution in [-0.4, -0.2) is 40.4 Å². The van der Waals surface area contributed by atoms with Gasteiger partial charge in [-0.15, -0.1) is 5.10 Å². The van der Waals surface area contributed by atoms with Crippen LogP contribution in [0.1, 0.15) is 44.2 Å². The van der Waals surface area contributed by atoms with Gasteiger partial charge in [0.15, 0.2) is 0 Å². The molecular weight excluding hydrogens is 358 g/mol. The van der Waals surface area contributed by atoms with Crippen LogP contribution in [-0.2, 0) is 4.74 Å². The lowest BCUT2D eigenvalue weighted by Gasteiger charge is -2.25. The Morgan fingerprint density at radius 3 is 2.87 bits per heavy atom. The molecule has 126 valence electrons. The number of hydrogen-bond donors (Lipinski definition) is 2. The lowest BCUT2D eigenvalue weighted by Crippen LogP contribution is -2.26. The maximum absolute atomic E-state index is 6.04. The molecule has 0 aliphatic heterocycles. The van der Waals surface area contributed by atoms with E-state index < -0.39 is 0 Å². The molecule has 6 nitrogen and oxygen atoms in total. The van der Waals surface area contributed by atoms with Crippen molar-refractivity contribution in [2.75, 3.05) is 19.0 Å². The Kier molecular flexibility index (Phi) is 5.18. The third-order valence-electron chi connectivity index (χ3n) is 4.48. The highest BCUT2D eigenvalue weighted by Crippen LogP contribution is 2.35. The summed E-state index contributed by atoms with van der Waals surface area (Å²) in [5.74, 6) is 1.13. The van der Waals surface area contributed by atoms with E-state index in [4.69, 9.17) is 15.6 Å². The fourth-order valence-electron chi connectivity index (χ4n) is 3.26. The summed E-state index contributed by atoms with van der Waals surface area (Å²) in [4.78, 5) is 4.41. The van der Waals surface area contributed by atoms with Gasteiger partial charge in [-0.3, -0.25) is 0 Å². The van der Waals surface area contributed by atoms with Gasteiger partial charge in [-0.25, -0.2) is 9.50 Å². The van der Waals surface area contributed by atoms with Gasteiger partial charge >= 0.3 is 0 Å². The molecular formula is C16H24BrN5O. The minimum atomic E-state index is 0.160. The van der Waals surface area contributed by atoms with Crippen molar-refractivity contribution >= 4 is 27.4 Å². The van der Waals surface area contributed by atoms with Crippen LogP contribution in [0.25, 0.3) is 5.52 Å². The zero-order valence-electron chi connectivity index (χ0n) is 13.6. The van der Waals surface area contributed by atoms with Crippen LogP contribution < -0.4 is 11.1 Å². The minimum absolute atomic E-state index is 0.160. The Bertz CT molecular complexity index is 666. The lowest BCUT2D eigenvalue weighted by molar-refractivity contribution is 0.190. The quantitative estimate of drug-likeness (QED) is 0.832. The topological polar surface area (TPSA) is 77.5 Å². The summed E-state index contributed by atoms with van der Waals surface area (Å²) in [6.45, 7) is 2.66. The van der Waals surface area contributed by atoms with Crippen LogP contribution in [0.15, 0.2) is 16.7 Å². The van der Waals surface area contributed by atoms with Gasteiger partial charge in [0.2, 0.25) is 5.95 Å². The van der Waals surface area contributed by atoms with Crippen LogP contribution in [0.3, 0.4) is 0 Å². The molecule has 23 heavy (non-hydrogen) atoms. The van der Waals surface area contributed by atoms with E-state index in [1.807, 2.05) is 17.6 Å². The first-order valence-corrected chi connectivity index (χ1v) is 8.93. The van der Waals surface area contributed by atoms with Crippen molar-refractivity contribution in [2.24, 2.45) is 5.73 Å². The lowest BCUT2D eigenvalue weighted by atomic mass is 9.84. The second-order valence-electron chi connectivity index (χ2n) is 6.41. The van der Waals surface area contributed by atoms with Gasteiger partial charge in [-0.2, -0.15) is 0 Å². The molecule has 0 aromatic carbocycles. The van der Waals surface area contributed by atoms with Crippen LogP contribution >= 0.6 is 15.9 Å². The molecule has 1 atom stereocenters. The van der Waals surface area contributed by atoms with E-state index in [2.05, 4.69) is 32.3 Å². The van der Waals surface area contributed by atoms with E-state index in [-0.39, 0.29) is 6.04 Å². The number of rotatable bonds is 5. The number of nitrogens with two attached hydrogens (primary N) is 1. The number of nitrogens with zero attached hydrogens (tertiary/aromatic N) is 3. The van der Waals surface area contributed by atoms with Crippen molar-refractivity contribution in [3.63, 3.8) is 0 Å². The van der Waals surface area contributed by atoms with E-state index in [1.165, 1.54) is 5.69 Å². The molecule has 1 aliphatic carbocycles. The Hall–Kier alpha value is -1.18. The van der Waals surface area contributed by atoms with Crippen molar-refractivity contribution in [2.45, 2.75) is 50.6 Å². The molecule has 2 aromatic heterocycles. The van der Waals surface area contributed by atoms with Crippen molar-refractivity contribution in [3.05, 3.63) is 22.4 Å². The maximum atomic E-state index is 6.04. The molecule has 2 aromatic rings. The first-order valence-electron chi connectivity index (χ1n) is 8.13. The fraction of sp³-hybridized carbons (Fsp3) is 0.625. The molecule has 0 saturated heterocycles. The number of halogens is 1. The Morgan fingerprint density at radius 1 is 1.43 bits per heavy atom. The predicted molar refractivity (Wildman–Crippen MR) is 94.8 cm³/mol. The number of ether oxygens (including phenoxy) is 1. The molecule has 0 radical (unpaired) electrons. The van der Waals surface area contributed by atoms with Crippen LogP contribution in [0.4, 0.5) is 5.95 Å². The second-order valence-corrected chi connectivity index (χ2v) is 7.26. The summed E-state index contributed by atoms with van der Waals surface area (Å²) in [7, 11) is 1.69. The van der Waals surface area contributed by atoms with Gasteiger partial charge in [0.1, 0.15) is 0 Å². The largest absolute Gasteiger partial charge is 0.383 e. The number of fused-ring (bicyclic) bond motifs is 1. The summed E-state index contributed by atoms with van der Waals surface area (Å²) in [6, 6.07) is 2.68. The molecule has 3 rings (SSSR count). The average molecular weight is 382 g/mol. The number of methoxy groups -OCH3 is 1. The molecule has 1 saturated carbocycles.